The van der Waals surface area contributed by atoms with Crippen LogP contribution in [0.2, 0.25) is 0 Å². The van der Waals surface area contributed by atoms with Crippen molar-refractivity contribution in [1.29, 1.82) is 0 Å². The van der Waals surface area contributed by atoms with Crippen molar-refractivity contribution in [2.75, 3.05) is 6.54 Å². The summed E-state index contributed by atoms with van der Waals surface area (Å²) in [6, 6.07) is 8.13. The molecule has 2 unspecified atom stereocenters. The predicted molar refractivity (Wildman–Crippen MR) is 78.5 cm³/mol. The normalized spacial score (nSPS) is 19.9. The molecule has 0 bridgehead atoms. The fraction of sp³-hybridized carbons (Fsp3) is 0.600. The number of hydrogen-bond donors (Lipinski definition) is 2. The van der Waals surface area contributed by atoms with E-state index < -0.39 is 0 Å². The highest BCUT2D eigenvalue weighted by molar-refractivity contribution is 9.10. The maximum absolute atomic E-state index is 10.4. The van der Waals surface area contributed by atoms with E-state index in [4.69, 9.17) is 5.73 Å². The molecule has 0 heterocycles. The lowest BCUT2D eigenvalue weighted by Gasteiger charge is -2.24. The van der Waals surface area contributed by atoms with Gasteiger partial charge in [-0.05, 0) is 30.0 Å². The van der Waals surface area contributed by atoms with E-state index in [9.17, 15) is 5.11 Å². The first-order valence-corrected chi connectivity index (χ1v) is 7.63. The lowest BCUT2D eigenvalue weighted by Crippen LogP contribution is -2.27. The molecular formula is C15H22BrNO. The van der Waals surface area contributed by atoms with Gasteiger partial charge in [0.25, 0.3) is 0 Å². The number of aliphatic hydroxyl groups excluding tert-OH is 1. The van der Waals surface area contributed by atoms with E-state index in [-0.39, 0.29) is 12.0 Å². The lowest BCUT2D eigenvalue weighted by molar-refractivity contribution is 0.116. The molecule has 1 aromatic carbocycles. The molecule has 0 saturated heterocycles. The highest BCUT2D eigenvalue weighted by Crippen LogP contribution is 2.32. The SMILES string of the molecule is NCC(c1cccc(Br)c1)C(O)CC1CCCC1. The maximum Gasteiger partial charge on any atom is 0.0623 e. The Balaban J connectivity index is 2.02. The van der Waals surface area contributed by atoms with Crippen LogP contribution in [0.3, 0.4) is 0 Å². The van der Waals surface area contributed by atoms with E-state index in [2.05, 4.69) is 28.1 Å². The third-order valence-corrected chi connectivity index (χ3v) is 4.54. The molecule has 1 saturated carbocycles. The Morgan fingerprint density at radius 2 is 2.06 bits per heavy atom. The first-order chi connectivity index (χ1) is 8.70. The molecule has 2 atom stereocenters. The van der Waals surface area contributed by atoms with Gasteiger partial charge in [-0.1, -0.05) is 53.7 Å². The Labute approximate surface area is 118 Å². The second kappa shape index (κ2) is 6.69. The molecule has 1 fully saturated rings. The number of aliphatic hydroxyl groups is 1. The van der Waals surface area contributed by atoms with Crippen LogP contribution in [0.25, 0.3) is 0 Å². The third kappa shape index (κ3) is 3.56. The van der Waals surface area contributed by atoms with Crippen LogP contribution in [0, 0.1) is 5.92 Å². The summed E-state index contributed by atoms with van der Waals surface area (Å²) in [4.78, 5) is 0. The van der Waals surface area contributed by atoms with Crippen LogP contribution in [0.1, 0.15) is 43.6 Å². The van der Waals surface area contributed by atoms with Crippen molar-refractivity contribution in [3.63, 3.8) is 0 Å². The minimum absolute atomic E-state index is 0.0584. The Kier molecular flexibility index (Phi) is 5.22. The number of nitrogens with two attached hydrogens (primary N) is 1. The summed E-state index contributed by atoms with van der Waals surface area (Å²) in [7, 11) is 0. The number of halogens is 1. The summed E-state index contributed by atoms with van der Waals surface area (Å²) in [6.45, 7) is 0.504. The van der Waals surface area contributed by atoms with Gasteiger partial charge >= 0.3 is 0 Å². The average Bonchev–Trinajstić information content (AvgIpc) is 2.83. The molecule has 0 amide bonds. The molecule has 3 N–H and O–H groups in total. The number of hydrogen-bond acceptors (Lipinski definition) is 2. The Hall–Kier alpha value is -0.380. The summed E-state index contributed by atoms with van der Waals surface area (Å²) in [5, 5.41) is 10.4. The van der Waals surface area contributed by atoms with Crippen molar-refractivity contribution in [2.24, 2.45) is 11.7 Å². The molecular weight excluding hydrogens is 290 g/mol. The smallest absolute Gasteiger partial charge is 0.0623 e. The second-order valence-corrected chi connectivity index (χ2v) is 6.27. The Bertz CT molecular complexity index is 377. The van der Waals surface area contributed by atoms with Crippen LogP contribution in [0.15, 0.2) is 28.7 Å². The number of rotatable bonds is 5. The summed E-state index contributed by atoms with van der Waals surface area (Å²) in [5.74, 6) is 0.754. The molecule has 0 aliphatic heterocycles. The fourth-order valence-electron chi connectivity index (χ4n) is 3.00. The van der Waals surface area contributed by atoms with Gasteiger partial charge in [0, 0.05) is 16.9 Å². The Morgan fingerprint density at radius 3 is 2.67 bits per heavy atom. The molecule has 3 heteroatoms. The van der Waals surface area contributed by atoms with Gasteiger partial charge in [-0.2, -0.15) is 0 Å². The van der Waals surface area contributed by atoms with E-state index in [1.165, 1.54) is 25.7 Å². The summed E-state index contributed by atoms with van der Waals surface area (Å²) in [6.07, 6.45) is 5.77. The topological polar surface area (TPSA) is 46.2 Å². The van der Waals surface area contributed by atoms with Crippen molar-refractivity contribution >= 4 is 15.9 Å². The van der Waals surface area contributed by atoms with Crippen LogP contribution in [0.4, 0.5) is 0 Å². The standard InChI is InChI=1S/C15H22BrNO/c16-13-7-3-6-12(9-13)14(10-17)15(18)8-11-4-1-2-5-11/h3,6-7,9,11,14-15,18H,1-2,4-5,8,10,17H2. The summed E-state index contributed by atoms with van der Waals surface area (Å²) >= 11 is 3.47. The average molecular weight is 312 g/mol. The minimum atomic E-state index is -0.313. The van der Waals surface area contributed by atoms with Crippen LogP contribution < -0.4 is 5.73 Å². The van der Waals surface area contributed by atoms with Crippen LogP contribution in [-0.2, 0) is 0 Å². The third-order valence-electron chi connectivity index (χ3n) is 4.04. The monoisotopic (exact) mass is 311 g/mol. The van der Waals surface area contributed by atoms with Crippen LogP contribution >= 0.6 is 15.9 Å². The quantitative estimate of drug-likeness (QED) is 0.875. The molecule has 0 aromatic heterocycles. The van der Waals surface area contributed by atoms with Crippen molar-refractivity contribution < 1.29 is 5.11 Å². The van der Waals surface area contributed by atoms with E-state index in [1.807, 2.05) is 12.1 Å². The largest absolute Gasteiger partial charge is 0.392 e. The van der Waals surface area contributed by atoms with Gasteiger partial charge in [0.05, 0.1) is 6.10 Å². The van der Waals surface area contributed by atoms with Gasteiger partial charge < -0.3 is 10.8 Å². The van der Waals surface area contributed by atoms with Crippen molar-refractivity contribution in [1.82, 2.24) is 0 Å². The molecule has 1 aliphatic carbocycles. The molecule has 0 radical (unpaired) electrons. The maximum atomic E-state index is 10.4. The van der Waals surface area contributed by atoms with Gasteiger partial charge in [0.2, 0.25) is 0 Å². The zero-order valence-electron chi connectivity index (χ0n) is 10.7. The highest BCUT2D eigenvalue weighted by atomic mass is 79.9. The van der Waals surface area contributed by atoms with E-state index >= 15 is 0 Å². The first-order valence-electron chi connectivity index (χ1n) is 6.84. The van der Waals surface area contributed by atoms with Crippen LogP contribution in [0.5, 0.6) is 0 Å². The van der Waals surface area contributed by atoms with Gasteiger partial charge in [0.15, 0.2) is 0 Å². The molecule has 100 valence electrons. The molecule has 2 nitrogen and oxygen atoms in total. The zero-order chi connectivity index (χ0) is 13.0. The molecule has 2 rings (SSSR count). The molecule has 1 aliphatic rings. The van der Waals surface area contributed by atoms with Crippen molar-refractivity contribution in [3.8, 4) is 0 Å². The van der Waals surface area contributed by atoms with Gasteiger partial charge in [-0.3, -0.25) is 0 Å². The zero-order valence-corrected chi connectivity index (χ0v) is 12.3. The van der Waals surface area contributed by atoms with E-state index in [1.54, 1.807) is 0 Å². The van der Waals surface area contributed by atoms with E-state index in [0.29, 0.717) is 12.5 Å². The summed E-state index contributed by atoms with van der Waals surface area (Å²) in [5.41, 5.74) is 6.99. The predicted octanol–water partition coefficient (Wildman–Crippen LogP) is 3.43. The minimum Gasteiger partial charge on any atom is -0.392 e. The highest BCUT2D eigenvalue weighted by Gasteiger charge is 2.25. The van der Waals surface area contributed by atoms with Gasteiger partial charge in [0.1, 0.15) is 0 Å². The first kappa shape index (κ1) is 14.0. The van der Waals surface area contributed by atoms with Crippen molar-refractivity contribution in [2.45, 2.75) is 44.1 Å². The Morgan fingerprint density at radius 1 is 1.33 bits per heavy atom. The number of benzene rings is 1. The van der Waals surface area contributed by atoms with Gasteiger partial charge in [-0.25, -0.2) is 0 Å². The van der Waals surface area contributed by atoms with Crippen LogP contribution in [-0.4, -0.2) is 17.8 Å². The van der Waals surface area contributed by atoms with Gasteiger partial charge in [-0.15, -0.1) is 0 Å². The second-order valence-electron chi connectivity index (χ2n) is 5.35. The lowest BCUT2D eigenvalue weighted by atomic mass is 9.87. The molecule has 18 heavy (non-hydrogen) atoms. The van der Waals surface area contributed by atoms with E-state index in [0.717, 1.165) is 16.5 Å². The molecule has 0 spiro atoms. The summed E-state index contributed by atoms with van der Waals surface area (Å²) < 4.78 is 1.05. The molecule has 1 aromatic rings. The fourth-order valence-corrected chi connectivity index (χ4v) is 3.42. The van der Waals surface area contributed by atoms with Crippen molar-refractivity contribution in [3.05, 3.63) is 34.3 Å².